The van der Waals surface area contributed by atoms with Gasteiger partial charge in [0.2, 0.25) is 5.88 Å². The molecule has 21 heavy (non-hydrogen) atoms. The van der Waals surface area contributed by atoms with E-state index in [9.17, 15) is 0 Å². The van der Waals surface area contributed by atoms with Gasteiger partial charge in [-0.25, -0.2) is 4.98 Å². The topological polar surface area (TPSA) is 49.2 Å². The number of aromatic nitrogens is 3. The Morgan fingerprint density at radius 1 is 1.38 bits per heavy atom. The predicted octanol–water partition coefficient (Wildman–Crippen LogP) is 3.17. The van der Waals surface area contributed by atoms with Crippen LogP contribution in [0.15, 0.2) is 12.1 Å². The van der Waals surface area contributed by atoms with Gasteiger partial charge in [0.25, 0.3) is 0 Å². The molecule has 0 aromatic carbocycles. The number of halogens is 1. The summed E-state index contributed by atoms with van der Waals surface area (Å²) in [6.07, 6.45) is 2.14. The number of pyridine rings is 1. The van der Waals surface area contributed by atoms with E-state index in [-0.39, 0.29) is 5.38 Å². The first-order valence-corrected chi connectivity index (χ1v) is 7.75. The van der Waals surface area contributed by atoms with Crippen molar-refractivity contribution in [3.8, 4) is 5.88 Å². The van der Waals surface area contributed by atoms with Gasteiger partial charge in [0.1, 0.15) is 11.3 Å². The van der Waals surface area contributed by atoms with E-state index in [4.69, 9.17) is 21.1 Å². The molecule has 0 amide bonds. The van der Waals surface area contributed by atoms with E-state index in [0.717, 1.165) is 49.6 Å². The molecule has 114 valence electrons. The first-order valence-electron chi connectivity index (χ1n) is 7.32. The molecule has 1 fully saturated rings. The number of imidazole rings is 1. The van der Waals surface area contributed by atoms with Crippen LogP contribution < -0.4 is 4.74 Å². The van der Waals surface area contributed by atoms with Crippen LogP contribution in [-0.4, -0.2) is 34.9 Å². The van der Waals surface area contributed by atoms with Crippen LogP contribution in [0.25, 0.3) is 11.2 Å². The Morgan fingerprint density at radius 3 is 2.81 bits per heavy atom. The summed E-state index contributed by atoms with van der Waals surface area (Å²) in [7, 11) is 1.62. The van der Waals surface area contributed by atoms with Crippen molar-refractivity contribution in [2.24, 2.45) is 5.92 Å². The lowest BCUT2D eigenvalue weighted by atomic mass is 10.0. The summed E-state index contributed by atoms with van der Waals surface area (Å²) in [5, 5.41) is -0.148. The van der Waals surface area contributed by atoms with Crippen LogP contribution in [0.5, 0.6) is 5.88 Å². The lowest BCUT2D eigenvalue weighted by molar-refractivity contribution is 0.0613. The minimum absolute atomic E-state index is 0.148. The number of nitrogens with zero attached hydrogens (tertiary/aromatic N) is 3. The Balaban J connectivity index is 2.01. The molecular formula is C15H20ClN3O2. The number of hydrogen-bond donors (Lipinski definition) is 0. The first kappa shape index (κ1) is 14.6. The maximum atomic E-state index is 6.30. The van der Waals surface area contributed by atoms with Crippen LogP contribution in [0.2, 0.25) is 0 Å². The molecule has 0 radical (unpaired) electrons. The third-order valence-corrected chi connectivity index (χ3v) is 4.14. The van der Waals surface area contributed by atoms with Crippen LogP contribution in [0, 0.1) is 5.92 Å². The molecule has 0 bridgehead atoms. The molecule has 0 spiro atoms. The second-order valence-corrected chi connectivity index (χ2v) is 6.10. The molecular weight excluding hydrogens is 290 g/mol. The molecule has 1 saturated heterocycles. The Kier molecular flexibility index (Phi) is 4.31. The highest BCUT2D eigenvalue weighted by Gasteiger charge is 2.21. The number of ether oxygens (including phenoxy) is 2. The van der Waals surface area contributed by atoms with Gasteiger partial charge in [0.05, 0.1) is 12.5 Å². The summed E-state index contributed by atoms with van der Waals surface area (Å²) in [6.45, 7) is 4.49. The molecule has 5 nitrogen and oxygen atoms in total. The van der Waals surface area contributed by atoms with Crippen LogP contribution in [0.1, 0.15) is 31.0 Å². The fourth-order valence-corrected chi connectivity index (χ4v) is 2.95. The average Bonchev–Trinajstić information content (AvgIpc) is 2.86. The van der Waals surface area contributed by atoms with Crippen LogP contribution in [0.4, 0.5) is 0 Å². The minimum atomic E-state index is -0.148. The maximum absolute atomic E-state index is 6.30. The number of hydrogen-bond acceptors (Lipinski definition) is 4. The van der Waals surface area contributed by atoms with Crippen LogP contribution in [-0.2, 0) is 11.3 Å². The highest BCUT2D eigenvalue weighted by atomic mass is 35.5. The fraction of sp³-hybridized carbons (Fsp3) is 0.600. The van der Waals surface area contributed by atoms with Crippen LogP contribution >= 0.6 is 11.6 Å². The van der Waals surface area contributed by atoms with E-state index in [1.165, 1.54) is 0 Å². The maximum Gasteiger partial charge on any atom is 0.215 e. The summed E-state index contributed by atoms with van der Waals surface area (Å²) in [5.41, 5.74) is 1.72. The highest BCUT2D eigenvalue weighted by Crippen LogP contribution is 2.28. The second-order valence-electron chi connectivity index (χ2n) is 5.45. The zero-order valence-electron chi connectivity index (χ0n) is 12.4. The van der Waals surface area contributed by atoms with Crippen molar-refractivity contribution >= 4 is 22.8 Å². The van der Waals surface area contributed by atoms with Crippen molar-refractivity contribution in [1.29, 1.82) is 0 Å². The van der Waals surface area contributed by atoms with Gasteiger partial charge in [-0.05, 0) is 31.7 Å². The van der Waals surface area contributed by atoms with Crippen molar-refractivity contribution in [2.75, 3.05) is 20.3 Å². The molecule has 0 saturated carbocycles. The SMILES string of the molecule is COc1ccc2nc(C(C)Cl)n(CC3CCOCC3)c2n1. The Morgan fingerprint density at radius 2 is 2.14 bits per heavy atom. The van der Waals surface area contributed by atoms with Crippen molar-refractivity contribution in [3.05, 3.63) is 18.0 Å². The lowest BCUT2D eigenvalue weighted by Crippen LogP contribution is -2.21. The van der Waals surface area contributed by atoms with Gasteiger partial charge in [-0.15, -0.1) is 11.6 Å². The molecule has 1 unspecified atom stereocenters. The molecule has 2 aromatic rings. The summed E-state index contributed by atoms with van der Waals surface area (Å²) in [4.78, 5) is 9.19. The minimum Gasteiger partial charge on any atom is -0.481 e. The lowest BCUT2D eigenvalue weighted by Gasteiger charge is -2.23. The summed E-state index contributed by atoms with van der Waals surface area (Å²) >= 11 is 6.30. The van der Waals surface area contributed by atoms with E-state index in [1.54, 1.807) is 7.11 Å². The van der Waals surface area contributed by atoms with E-state index in [1.807, 2.05) is 19.1 Å². The van der Waals surface area contributed by atoms with Crippen molar-refractivity contribution in [2.45, 2.75) is 31.7 Å². The Bertz CT molecular complexity index is 621. The zero-order chi connectivity index (χ0) is 14.8. The van der Waals surface area contributed by atoms with Crippen molar-refractivity contribution in [3.63, 3.8) is 0 Å². The van der Waals surface area contributed by atoms with E-state index in [0.29, 0.717) is 11.8 Å². The Labute approximate surface area is 129 Å². The summed E-state index contributed by atoms with van der Waals surface area (Å²) in [6, 6.07) is 3.77. The van der Waals surface area contributed by atoms with E-state index >= 15 is 0 Å². The molecule has 2 aromatic heterocycles. The molecule has 3 rings (SSSR count). The first-order chi connectivity index (χ1) is 10.2. The monoisotopic (exact) mass is 309 g/mol. The van der Waals surface area contributed by atoms with E-state index < -0.39 is 0 Å². The zero-order valence-corrected chi connectivity index (χ0v) is 13.1. The number of rotatable bonds is 4. The third-order valence-electron chi connectivity index (χ3n) is 3.94. The van der Waals surface area contributed by atoms with E-state index in [2.05, 4.69) is 14.5 Å². The molecule has 1 aliphatic heterocycles. The number of alkyl halides is 1. The third kappa shape index (κ3) is 2.99. The standard InChI is InChI=1S/C15H20ClN3O2/c1-10(16)14-17-12-3-4-13(20-2)18-15(12)19(14)9-11-5-7-21-8-6-11/h3-4,10-11H,5-9H2,1-2H3. The summed E-state index contributed by atoms with van der Waals surface area (Å²) in [5.74, 6) is 2.06. The van der Waals surface area contributed by atoms with Gasteiger partial charge in [-0.1, -0.05) is 0 Å². The molecule has 0 N–H and O–H groups in total. The molecule has 3 heterocycles. The smallest absolute Gasteiger partial charge is 0.215 e. The molecule has 0 aliphatic carbocycles. The molecule has 1 atom stereocenters. The Hall–Kier alpha value is -1.33. The van der Waals surface area contributed by atoms with Crippen molar-refractivity contribution in [1.82, 2.24) is 14.5 Å². The highest BCUT2D eigenvalue weighted by molar-refractivity contribution is 6.20. The number of methoxy groups -OCH3 is 1. The van der Waals surface area contributed by atoms with Gasteiger partial charge in [0, 0.05) is 25.8 Å². The van der Waals surface area contributed by atoms with Gasteiger partial charge >= 0.3 is 0 Å². The van der Waals surface area contributed by atoms with Gasteiger partial charge in [0.15, 0.2) is 5.65 Å². The van der Waals surface area contributed by atoms with Gasteiger partial charge in [-0.3, -0.25) is 0 Å². The normalized spacial score (nSPS) is 18.0. The molecule has 1 aliphatic rings. The summed E-state index contributed by atoms with van der Waals surface area (Å²) < 4.78 is 12.8. The van der Waals surface area contributed by atoms with Gasteiger partial charge in [-0.2, -0.15) is 4.98 Å². The predicted molar refractivity (Wildman–Crippen MR) is 81.9 cm³/mol. The fourth-order valence-electron chi connectivity index (χ4n) is 2.79. The second kappa shape index (κ2) is 6.20. The largest absolute Gasteiger partial charge is 0.481 e. The quantitative estimate of drug-likeness (QED) is 0.814. The van der Waals surface area contributed by atoms with Crippen LogP contribution in [0.3, 0.4) is 0 Å². The van der Waals surface area contributed by atoms with Gasteiger partial charge < -0.3 is 14.0 Å². The molecule has 6 heteroatoms. The average molecular weight is 310 g/mol. The van der Waals surface area contributed by atoms with Crippen molar-refractivity contribution < 1.29 is 9.47 Å². The number of fused-ring (bicyclic) bond motifs is 1.